The molecule has 8 heteroatoms. The van der Waals surface area contributed by atoms with Crippen LogP contribution in [0.2, 0.25) is 0 Å². The van der Waals surface area contributed by atoms with Gasteiger partial charge in [-0.25, -0.2) is 4.39 Å². The lowest BCUT2D eigenvalue weighted by molar-refractivity contribution is -0.107. The van der Waals surface area contributed by atoms with Crippen LogP contribution in [0.15, 0.2) is 71.6 Å². The fourth-order valence-corrected chi connectivity index (χ4v) is 4.75. The van der Waals surface area contributed by atoms with Gasteiger partial charge in [-0.1, -0.05) is 12.1 Å². The van der Waals surface area contributed by atoms with E-state index in [4.69, 9.17) is 9.47 Å². The average Bonchev–Trinajstić information content (AvgIpc) is 2.91. The first-order chi connectivity index (χ1) is 17.8. The van der Waals surface area contributed by atoms with Gasteiger partial charge in [0.15, 0.2) is 11.5 Å². The molecule has 2 atom stereocenters. The Bertz CT molecular complexity index is 1130. The number of hydrogen-bond acceptors (Lipinski definition) is 7. The van der Waals surface area contributed by atoms with Gasteiger partial charge in [0.2, 0.25) is 0 Å². The number of piperazine rings is 1. The minimum Gasteiger partial charge on any atom is -0.493 e. The summed E-state index contributed by atoms with van der Waals surface area (Å²) in [6, 6.07) is 21.6. The van der Waals surface area contributed by atoms with Crippen molar-refractivity contribution >= 4 is 29.6 Å². The van der Waals surface area contributed by atoms with Crippen molar-refractivity contribution in [2.75, 3.05) is 44.0 Å². The van der Waals surface area contributed by atoms with Crippen molar-refractivity contribution in [2.45, 2.75) is 37.2 Å². The Morgan fingerprint density at radius 3 is 2.24 bits per heavy atom. The SMILES string of the molecule is CC1CN(c2ccc(SNc3cccc(F)c3)cc2)CC(C)N1C.COc1ccc(CC=O)cc1OC. The number of aldehydes is 1. The monoisotopic (exact) mass is 525 g/mol. The van der Waals surface area contributed by atoms with E-state index in [0.29, 0.717) is 30.0 Å². The maximum absolute atomic E-state index is 13.2. The van der Waals surface area contributed by atoms with Crippen LogP contribution in [0.25, 0.3) is 0 Å². The zero-order valence-electron chi connectivity index (χ0n) is 22.1. The molecule has 1 heterocycles. The van der Waals surface area contributed by atoms with Crippen LogP contribution in [-0.2, 0) is 11.2 Å². The van der Waals surface area contributed by atoms with E-state index in [1.807, 2.05) is 12.1 Å². The zero-order chi connectivity index (χ0) is 26.8. The number of nitrogens with zero attached hydrogens (tertiary/aromatic N) is 2. The van der Waals surface area contributed by atoms with Crippen molar-refractivity contribution in [1.29, 1.82) is 0 Å². The fraction of sp³-hybridized carbons (Fsp3) is 0.345. The molecular weight excluding hydrogens is 489 g/mol. The number of anilines is 2. The summed E-state index contributed by atoms with van der Waals surface area (Å²) in [6.45, 7) is 6.65. The largest absolute Gasteiger partial charge is 0.493 e. The number of ether oxygens (including phenoxy) is 2. The Balaban J connectivity index is 0.000000248. The minimum atomic E-state index is -0.228. The number of benzene rings is 3. The molecule has 2 unspecified atom stereocenters. The highest BCUT2D eigenvalue weighted by Gasteiger charge is 2.26. The maximum Gasteiger partial charge on any atom is 0.161 e. The fourth-order valence-electron chi connectivity index (χ4n) is 4.11. The molecule has 0 spiro atoms. The van der Waals surface area contributed by atoms with Crippen LogP contribution >= 0.6 is 11.9 Å². The van der Waals surface area contributed by atoms with Crippen LogP contribution in [0.4, 0.5) is 15.8 Å². The van der Waals surface area contributed by atoms with Gasteiger partial charge in [0.05, 0.1) is 14.2 Å². The third-order valence-electron chi connectivity index (χ3n) is 6.44. The lowest BCUT2D eigenvalue weighted by atomic mass is 10.1. The molecule has 1 saturated heterocycles. The second-order valence-electron chi connectivity index (χ2n) is 9.04. The summed E-state index contributed by atoms with van der Waals surface area (Å²) in [7, 11) is 5.35. The summed E-state index contributed by atoms with van der Waals surface area (Å²) < 4.78 is 26.5. The Kier molecular flexibility index (Phi) is 10.7. The van der Waals surface area contributed by atoms with Gasteiger partial charge in [-0.05, 0) is 93.0 Å². The van der Waals surface area contributed by atoms with Crippen molar-refractivity contribution in [3.8, 4) is 11.5 Å². The van der Waals surface area contributed by atoms with E-state index in [0.717, 1.165) is 35.5 Å². The number of halogens is 1. The second kappa shape index (κ2) is 13.9. The summed E-state index contributed by atoms with van der Waals surface area (Å²) in [5.74, 6) is 1.10. The molecule has 0 amide bonds. The van der Waals surface area contributed by atoms with Crippen molar-refractivity contribution in [1.82, 2.24) is 4.90 Å². The zero-order valence-corrected chi connectivity index (χ0v) is 22.9. The number of rotatable bonds is 8. The number of carbonyl (C=O) groups is 1. The van der Waals surface area contributed by atoms with Gasteiger partial charge in [0.25, 0.3) is 0 Å². The molecule has 198 valence electrons. The summed E-state index contributed by atoms with van der Waals surface area (Å²) >= 11 is 1.50. The molecule has 3 aromatic rings. The first-order valence-corrected chi connectivity index (χ1v) is 13.1. The summed E-state index contributed by atoms with van der Waals surface area (Å²) in [5, 5.41) is 0. The number of hydrogen-bond donors (Lipinski definition) is 1. The van der Waals surface area contributed by atoms with E-state index < -0.39 is 0 Å². The van der Waals surface area contributed by atoms with E-state index in [1.165, 1.54) is 29.8 Å². The van der Waals surface area contributed by atoms with Crippen LogP contribution in [-0.4, -0.2) is 57.6 Å². The van der Waals surface area contributed by atoms with Gasteiger partial charge in [0, 0.05) is 47.9 Å². The molecule has 0 radical (unpaired) electrons. The van der Waals surface area contributed by atoms with E-state index in [9.17, 15) is 9.18 Å². The summed E-state index contributed by atoms with van der Waals surface area (Å²) in [5.41, 5.74) is 2.95. The highest BCUT2D eigenvalue weighted by molar-refractivity contribution is 8.00. The van der Waals surface area contributed by atoms with Gasteiger partial charge in [-0.2, -0.15) is 0 Å². The topological polar surface area (TPSA) is 54.0 Å². The van der Waals surface area contributed by atoms with Gasteiger partial charge in [-0.3, -0.25) is 4.90 Å². The predicted molar refractivity (Wildman–Crippen MR) is 151 cm³/mol. The van der Waals surface area contributed by atoms with Crippen LogP contribution in [0, 0.1) is 5.82 Å². The number of likely N-dealkylation sites (N-methyl/N-ethyl adjacent to an activating group) is 1. The van der Waals surface area contributed by atoms with Crippen molar-refractivity contribution in [3.05, 3.63) is 78.1 Å². The quantitative estimate of drug-likeness (QED) is 0.289. The van der Waals surface area contributed by atoms with E-state index in [2.05, 4.69) is 59.7 Å². The molecular formula is C29H36FN3O3S. The van der Waals surface area contributed by atoms with Gasteiger partial charge in [-0.15, -0.1) is 0 Å². The Hall–Kier alpha value is -3.23. The van der Waals surface area contributed by atoms with E-state index >= 15 is 0 Å². The third-order valence-corrected chi connectivity index (χ3v) is 7.29. The molecule has 4 rings (SSSR count). The number of methoxy groups -OCH3 is 2. The molecule has 1 fully saturated rings. The molecule has 1 aliphatic rings. The molecule has 3 aromatic carbocycles. The minimum absolute atomic E-state index is 0.228. The number of nitrogens with one attached hydrogen (secondary N) is 1. The van der Waals surface area contributed by atoms with E-state index in [-0.39, 0.29) is 5.82 Å². The Labute approximate surface area is 223 Å². The van der Waals surface area contributed by atoms with Crippen molar-refractivity contribution in [2.24, 2.45) is 0 Å². The predicted octanol–water partition coefficient (Wildman–Crippen LogP) is 5.92. The van der Waals surface area contributed by atoms with E-state index in [1.54, 1.807) is 32.4 Å². The molecule has 0 aromatic heterocycles. The standard InChI is InChI=1S/C19H24FN3S.C10H12O3/c1-14-12-23(13-15(2)22(14)3)18-7-9-19(10-8-18)24-21-17-6-4-5-16(20)11-17;1-12-9-4-3-8(5-6-11)7-10(9)13-2/h4-11,14-15,21H,12-13H2,1-3H3;3-4,6-7H,5H2,1-2H3. The highest BCUT2D eigenvalue weighted by atomic mass is 32.2. The normalized spacial score (nSPS) is 17.4. The van der Waals surface area contributed by atoms with Crippen molar-refractivity contribution in [3.63, 3.8) is 0 Å². The Morgan fingerprint density at radius 2 is 1.65 bits per heavy atom. The Morgan fingerprint density at radius 1 is 0.973 bits per heavy atom. The lowest BCUT2D eigenvalue weighted by Gasteiger charge is -2.43. The second-order valence-corrected chi connectivity index (χ2v) is 9.92. The van der Waals surface area contributed by atoms with Crippen LogP contribution in [0.1, 0.15) is 19.4 Å². The average molecular weight is 526 g/mol. The molecule has 6 nitrogen and oxygen atoms in total. The molecule has 0 saturated carbocycles. The molecule has 37 heavy (non-hydrogen) atoms. The molecule has 0 bridgehead atoms. The lowest BCUT2D eigenvalue weighted by Crippen LogP contribution is -2.55. The third kappa shape index (κ3) is 8.13. The van der Waals surface area contributed by atoms with Gasteiger partial charge in [0.1, 0.15) is 12.1 Å². The smallest absolute Gasteiger partial charge is 0.161 e. The highest BCUT2D eigenvalue weighted by Crippen LogP contribution is 2.28. The maximum atomic E-state index is 13.2. The van der Waals surface area contributed by atoms with Crippen LogP contribution in [0.5, 0.6) is 11.5 Å². The first-order valence-electron chi connectivity index (χ1n) is 12.2. The summed E-state index contributed by atoms with van der Waals surface area (Å²) in [4.78, 5) is 16.2. The van der Waals surface area contributed by atoms with Crippen LogP contribution < -0.4 is 19.1 Å². The van der Waals surface area contributed by atoms with Crippen LogP contribution in [0.3, 0.4) is 0 Å². The van der Waals surface area contributed by atoms with Gasteiger partial charge >= 0.3 is 0 Å². The molecule has 0 aliphatic carbocycles. The van der Waals surface area contributed by atoms with Gasteiger partial charge < -0.3 is 23.9 Å². The van der Waals surface area contributed by atoms with Crippen molar-refractivity contribution < 1.29 is 18.7 Å². The molecule has 1 N–H and O–H groups in total. The number of carbonyl (C=O) groups excluding carboxylic acids is 1. The molecule has 1 aliphatic heterocycles. The summed E-state index contributed by atoms with van der Waals surface area (Å²) in [6.07, 6.45) is 1.27. The first kappa shape index (κ1) is 28.3.